The van der Waals surface area contributed by atoms with Crippen molar-refractivity contribution in [1.82, 2.24) is 10.2 Å². The molecule has 1 N–H and O–H groups in total. The molecule has 0 aliphatic heterocycles. The van der Waals surface area contributed by atoms with Gasteiger partial charge in [0.05, 0.1) is 0 Å². The summed E-state index contributed by atoms with van der Waals surface area (Å²) in [6.07, 6.45) is 2.74. The van der Waals surface area contributed by atoms with Crippen molar-refractivity contribution >= 4 is 0 Å². The first-order valence-electron chi connectivity index (χ1n) is 6.83. The summed E-state index contributed by atoms with van der Waals surface area (Å²) in [5.74, 6) is 0.822. The van der Waals surface area contributed by atoms with E-state index in [0.29, 0.717) is 17.5 Å². The van der Waals surface area contributed by atoms with Crippen LogP contribution in [0.4, 0.5) is 0 Å². The van der Waals surface area contributed by atoms with E-state index in [1.165, 1.54) is 25.9 Å². The molecule has 0 radical (unpaired) electrons. The van der Waals surface area contributed by atoms with Crippen LogP contribution in [0.3, 0.4) is 0 Å². The largest absolute Gasteiger partial charge is 0.316 e. The van der Waals surface area contributed by atoms with Crippen LogP contribution in [0.2, 0.25) is 0 Å². The Balaban J connectivity index is 2.61. The van der Waals surface area contributed by atoms with Crippen LogP contribution in [0.1, 0.15) is 47.5 Å². The molecule has 96 valence electrons. The van der Waals surface area contributed by atoms with Gasteiger partial charge in [-0.05, 0) is 51.6 Å². The average molecular weight is 226 g/mol. The molecule has 2 heteroatoms. The van der Waals surface area contributed by atoms with Crippen molar-refractivity contribution in [2.24, 2.45) is 11.3 Å². The van der Waals surface area contributed by atoms with E-state index >= 15 is 0 Å². The quantitative estimate of drug-likeness (QED) is 0.775. The minimum Gasteiger partial charge on any atom is -0.316 e. The minimum absolute atomic E-state index is 0.468. The van der Waals surface area contributed by atoms with E-state index in [1.807, 2.05) is 0 Å². The number of hydrogen-bond acceptors (Lipinski definition) is 2. The predicted molar refractivity (Wildman–Crippen MR) is 71.7 cm³/mol. The number of nitrogens with zero attached hydrogens (tertiary/aromatic N) is 1. The van der Waals surface area contributed by atoms with E-state index in [1.54, 1.807) is 0 Å². The Labute approximate surface area is 102 Å². The molecule has 16 heavy (non-hydrogen) atoms. The Hall–Kier alpha value is -0.0800. The van der Waals surface area contributed by atoms with E-state index in [9.17, 15) is 0 Å². The molecule has 0 heterocycles. The van der Waals surface area contributed by atoms with E-state index in [0.717, 1.165) is 5.92 Å². The maximum absolute atomic E-state index is 3.55. The second-order valence-corrected chi connectivity index (χ2v) is 6.23. The predicted octanol–water partition coefficient (Wildman–Crippen LogP) is 2.74. The third-order valence-electron chi connectivity index (χ3n) is 4.39. The van der Waals surface area contributed by atoms with Gasteiger partial charge in [0.2, 0.25) is 0 Å². The van der Waals surface area contributed by atoms with Gasteiger partial charge in [-0.15, -0.1) is 0 Å². The molecule has 1 rings (SSSR count). The molecule has 1 aliphatic rings. The maximum Gasteiger partial charge on any atom is 0.0156 e. The molecule has 0 saturated heterocycles. The molecule has 1 fully saturated rings. The highest BCUT2D eigenvalue weighted by Crippen LogP contribution is 2.41. The van der Waals surface area contributed by atoms with Crippen molar-refractivity contribution < 1.29 is 0 Å². The standard InChI is InChI=1S/C14H30N2/c1-7-16(11(2)3)10-12-8-9-14(4,5)13(12)15-6/h11-13,15H,7-10H2,1-6H3. The second-order valence-electron chi connectivity index (χ2n) is 6.23. The van der Waals surface area contributed by atoms with Gasteiger partial charge in [0, 0.05) is 18.6 Å². The topological polar surface area (TPSA) is 15.3 Å². The Kier molecular flexibility index (Phi) is 4.81. The average Bonchev–Trinajstić information content (AvgIpc) is 2.49. The molecule has 1 aliphatic carbocycles. The van der Waals surface area contributed by atoms with Gasteiger partial charge in [-0.25, -0.2) is 0 Å². The Morgan fingerprint density at radius 1 is 1.38 bits per heavy atom. The van der Waals surface area contributed by atoms with Gasteiger partial charge < -0.3 is 10.2 Å². The summed E-state index contributed by atoms with van der Waals surface area (Å²) in [5.41, 5.74) is 0.468. The number of nitrogens with one attached hydrogen (secondary N) is 1. The van der Waals surface area contributed by atoms with Crippen LogP contribution < -0.4 is 5.32 Å². The van der Waals surface area contributed by atoms with Crippen LogP contribution in [0.5, 0.6) is 0 Å². The van der Waals surface area contributed by atoms with Crippen LogP contribution in [0.25, 0.3) is 0 Å². The van der Waals surface area contributed by atoms with E-state index in [2.05, 4.69) is 51.9 Å². The van der Waals surface area contributed by atoms with Crippen LogP contribution in [0, 0.1) is 11.3 Å². The van der Waals surface area contributed by atoms with Crippen LogP contribution in [-0.2, 0) is 0 Å². The molecule has 2 unspecified atom stereocenters. The van der Waals surface area contributed by atoms with Crippen LogP contribution in [-0.4, -0.2) is 37.1 Å². The number of rotatable bonds is 5. The van der Waals surface area contributed by atoms with Gasteiger partial charge in [0.25, 0.3) is 0 Å². The molecule has 1 saturated carbocycles. The Morgan fingerprint density at radius 3 is 2.44 bits per heavy atom. The highest BCUT2D eigenvalue weighted by molar-refractivity contribution is 4.96. The van der Waals surface area contributed by atoms with Crippen molar-refractivity contribution in [3.05, 3.63) is 0 Å². The monoisotopic (exact) mass is 226 g/mol. The summed E-state index contributed by atoms with van der Waals surface area (Å²) < 4.78 is 0. The molecule has 0 spiro atoms. The van der Waals surface area contributed by atoms with Gasteiger partial charge >= 0.3 is 0 Å². The molecule has 0 aromatic rings. The molecule has 2 atom stereocenters. The summed E-state index contributed by atoms with van der Waals surface area (Å²) in [6, 6.07) is 1.35. The van der Waals surface area contributed by atoms with Crippen LogP contribution >= 0.6 is 0 Å². The van der Waals surface area contributed by atoms with Gasteiger partial charge in [-0.1, -0.05) is 20.8 Å². The maximum atomic E-state index is 3.55. The highest BCUT2D eigenvalue weighted by Gasteiger charge is 2.41. The summed E-state index contributed by atoms with van der Waals surface area (Å²) in [5, 5.41) is 3.55. The summed E-state index contributed by atoms with van der Waals surface area (Å²) in [6.45, 7) is 14.1. The molecule has 0 bridgehead atoms. The summed E-state index contributed by atoms with van der Waals surface area (Å²) in [4.78, 5) is 2.59. The lowest BCUT2D eigenvalue weighted by molar-refractivity contribution is 0.166. The zero-order valence-electron chi connectivity index (χ0n) is 12.0. The lowest BCUT2D eigenvalue weighted by Gasteiger charge is -2.34. The first kappa shape index (κ1) is 14.0. The van der Waals surface area contributed by atoms with Crippen molar-refractivity contribution in [3.63, 3.8) is 0 Å². The molecular weight excluding hydrogens is 196 g/mol. The Bertz CT molecular complexity index is 211. The van der Waals surface area contributed by atoms with Crippen LogP contribution in [0.15, 0.2) is 0 Å². The van der Waals surface area contributed by atoms with Gasteiger partial charge in [0.15, 0.2) is 0 Å². The number of hydrogen-bond donors (Lipinski definition) is 1. The first-order valence-corrected chi connectivity index (χ1v) is 6.83. The zero-order valence-corrected chi connectivity index (χ0v) is 12.0. The van der Waals surface area contributed by atoms with Crippen molar-refractivity contribution in [2.45, 2.75) is 59.5 Å². The zero-order chi connectivity index (χ0) is 12.3. The molecule has 2 nitrogen and oxygen atoms in total. The highest BCUT2D eigenvalue weighted by atomic mass is 15.1. The lowest BCUT2D eigenvalue weighted by atomic mass is 9.84. The van der Waals surface area contributed by atoms with E-state index in [-0.39, 0.29) is 0 Å². The fourth-order valence-electron chi connectivity index (χ4n) is 3.35. The van der Waals surface area contributed by atoms with E-state index < -0.39 is 0 Å². The fourth-order valence-corrected chi connectivity index (χ4v) is 3.35. The molecule has 0 aromatic heterocycles. The van der Waals surface area contributed by atoms with Gasteiger partial charge in [-0.2, -0.15) is 0 Å². The van der Waals surface area contributed by atoms with Crippen molar-refractivity contribution in [1.29, 1.82) is 0 Å². The lowest BCUT2D eigenvalue weighted by Crippen LogP contribution is -2.45. The smallest absolute Gasteiger partial charge is 0.0156 e. The SMILES string of the molecule is CCN(CC1CCC(C)(C)C1NC)C(C)C. The first-order chi connectivity index (χ1) is 7.42. The Morgan fingerprint density at radius 2 is 2.00 bits per heavy atom. The third kappa shape index (κ3) is 2.98. The molecular formula is C14H30N2. The fraction of sp³-hybridized carbons (Fsp3) is 1.00. The molecule has 0 amide bonds. The summed E-state index contributed by atoms with van der Waals surface area (Å²) >= 11 is 0. The van der Waals surface area contributed by atoms with Crippen molar-refractivity contribution in [3.8, 4) is 0 Å². The van der Waals surface area contributed by atoms with Gasteiger partial charge in [0.1, 0.15) is 0 Å². The second kappa shape index (κ2) is 5.50. The normalized spacial score (nSPS) is 29.2. The minimum atomic E-state index is 0.468. The van der Waals surface area contributed by atoms with Gasteiger partial charge in [-0.3, -0.25) is 0 Å². The summed E-state index contributed by atoms with van der Waals surface area (Å²) in [7, 11) is 2.12. The van der Waals surface area contributed by atoms with Crippen molar-refractivity contribution in [2.75, 3.05) is 20.1 Å². The third-order valence-corrected chi connectivity index (χ3v) is 4.39. The van der Waals surface area contributed by atoms with E-state index in [4.69, 9.17) is 0 Å². The molecule has 0 aromatic carbocycles.